The zero-order chi connectivity index (χ0) is 14.4. The number of ether oxygens (including phenoxy) is 1. The van der Waals surface area contributed by atoms with Crippen LogP contribution >= 0.6 is 0 Å². The molecule has 0 radical (unpaired) electrons. The molecule has 112 valence electrons. The van der Waals surface area contributed by atoms with E-state index in [9.17, 15) is 0 Å². The maximum atomic E-state index is 5.93. The Labute approximate surface area is 122 Å². The number of hydrogen-bond acceptors (Lipinski definition) is 4. The second-order valence-electron chi connectivity index (χ2n) is 5.95. The molecule has 0 spiro atoms. The third-order valence-corrected chi connectivity index (χ3v) is 3.79. The summed E-state index contributed by atoms with van der Waals surface area (Å²) in [5.41, 5.74) is 0. The van der Waals surface area contributed by atoms with Crippen LogP contribution < -0.4 is 10.1 Å². The molecular weight excluding hydrogens is 250 g/mol. The minimum absolute atomic E-state index is 0.311. The summed E-state index contributed by atoms with van der Waals surface area (Å²) in [5.74, 6) is 3.44. The predicted molar refractivity (Wildman–Crippen MR) is 82.4 cm³/mol. The van der Waals surface area contributed by atoms with Crippen LogP contribution in [0.15, 0.2) is 6.07 Å². The minimum atomic E-state index is 0.311. The number of hydrogen-bond donors (Lipinski definition) is 1. The van der Waals surface area contributed by atoms with Gasteiger partial charge in [-0.25, -0.2) is 4.98 Å². The van der Waals surface area contributed by atoms with Crippen LogP contribution in [0.3, 0.4) is 0 Å². The van der Waals surface area contributed by atoms with Crippen LogP contribution in [-0.4, -0.2) is 23.1 Å². The first-order valence-corrected chi connectivity index (χ1v) is 7.94. The van der Waals surface area contributed by atoms with E-state index in [0.717, 1.165) is 24.8 Å². The minimum Gasteiger partial charge on any atom is -0.477 e. The summed E-state index contributed by atoms with van der Waals surface area (Å²) in [6.07, 6.45) is 6.66. The Bertz CT molecular complexity index is 414. The number of aromatic nitrogens is 2. The number of nitrogens with one attached hydrogen (secondary N) is 1. The molecule has 1 aromatic rings. The smallest absolute Gasteiger partial charge is 0.218 e. The Morgan fingerprint density at radius 2 is 2.00 bits per heavy atom. The zero-order valence-electron chi connectivity index (χ0n) is 13.0. The number of anilines is 1. The normalized spacial score (nSPS) is 16.4. The summed E-state index contributed by atoms with van der Waals surface area (Å²) < 4.78 is 5.93. The molecule has 0 bridgehead atoms. The molecule has 1 aromatic heterocycles. The number of rotatable bonds is 6. The lowest BCUT2D eigenvalue weighted by molar-refractivity contribution is 0.202. The van der Waals surface area contributed by atoms with Crippen molar-refractivity contribution in [3.05, 3.63) is 11.9 Å². The van der Waals surface area contributed by atoms with E-state index in [2.05, 4.69) is 36.1 Å². The summed E-state index contributed by atoms with van der Waals surface area (Å²) in [7, 11) is 0. The van der Waals surface area contributed by atoms with Crippen molar-refractivity contribution in [1.29, 1.82) is 0 Å². The highest BCUT2D eigenvalue weighted by Gasteiger charge is 2.15. The SMILES string of the molecule is CCNc1cc(OCC2CCCCC2)nc(C(C)C)n1. The van der Waals surface area contributed by atoms with Gasteiger partial charge in [-0.15, -0.1) is 0 Å². The van der Waals surface area contributed by atoms with Crippen LogP contribution in [-0.2, 0) is 0 Å². The van der Waals surface area contributed by atoms with Crippen molar-refractivity contribution in [3.8, 4) is 5.88 Å². The van der Waals surface area contributed by atoms with E-state index in [0.29, 0.717) is 17.7 Å². The maximum Gasteiger partial charge on any atom is 0.218 e. The van der Waals surface area contributed by atoms with Crippen molar-refractivity contribution >= 4 is 5.82 Å². The highest BCUT2D eigenvalue weighted by molar-refractivity contribution is 5.38. The summed E-state index contributed by atoms with van der Waals surface area (Å²) in [6, 6.07) is 1.91. The Hall–Kier alpha value is -1.32. The molecular formula is C16H27N3O. The molecule has 1 aliphatic carbocycles. The maximum absolute atomic E-state index is 5.93. The Morgan fingerprint density at radius 3 is 2.65 bits per heavy atom. The summed E-state index contributed by atoms with van der Waals surface area (Å²) in [4.78, 5) is 9.04. The Balaban J connectivity index is 2.01. The second-order valence-corrected chi connectivity index (χ2v) is 5.95. The van der Waals surface area contributed by atoms with Crippen molar-refractivity contribution in [2.75, 3.05) is 18.5 Å². The fourth-order valence-electron chi connectivity index (χ4n) is 2.60. The topological polar surface area (TPSA) is 47.0 Å². The fraction of sp³-hybridized carbons (Fsp3) is 0.750. The number of nitrogens with zero attached hydrogens (tertiary/aromatic N) is 2. The Morgan fingerprint density at radius 1 is 1.25 bits per heavy atom. The molecule has 0 saturated heterocycles. The molecule has 1 N–H and O–H groups in total. The van der Waals surface area contributed by atoms with E-state index in [1.807, 2.05) is 6.07 Å². The monoisotopic (exact) mass is 277 g/mol. The molecule has 0 atom stereocenters. The van der Waals surface area contributed by atoms with Crippen LogP contribution in [0, 0.1) is 5.92 Å². The van der Waals surface area contributed by atoms with Gasteiger partial charge in [0.25, 0.3) is 0 Å². The first-order chi connectivity index (χ1) is 9.69. The van der Waals surface area contributed by atoms with Gasteiger partial charge in [0.15, 0.2) is 0 Å². The first-order valence-electron chi connectivity index (χ1n) is 7.94. The molecule has 1 fully saturated rings. The van der Waals surface area contributed by atoms with Crippen LogP contribution in [0.2, 0.25) is 0 Å². The van der Waals surface area contributed by atoms with Gasteiger partial charge in [-0.1, -0.05) is 33.1 Å². The molecule has 0 amide bonds. The molecule has 1 aliphatic rings. The van der Waals surface area contributed by atoms with Crippen LogP contribution in [0.4, 0.5) is 5.82 Å². The molecule has 2 rings (SSSR count). The van der Waals surface area contributed by atoms with Crippen molar-refractivity contribution in [1.82, 2.24) is 9.97 Å². The van der Waals surface area contributed by atoms with Crippen LogP contribution in [0.1, 0.15) is 64.6 Å². The third-order valence-electron chi connectivity index (χ3n) is 3.79. The molecule has 4 heteroatoms. The van der Waals surface area contributed by atoms with Gasteiger partial charge in [-0.05, 0) is 25.7 Å². The van der Waals surface area contributed by atoms with Crippen molar-refractivity contribution in [2.45, 2.75) is 58.8 Å². The van der Waals surface area contributed by atoms with Gasteiger partial charge in [0.1, 0.15) is 11.6 Å². The van der Waals surface area contributed by atoms with Gasteiger partial charge in [0.2, 0.25) is 5.88 Å². The summed E-state index contributed by atoms with van der Waals surface area (Å²) >= 11 is 0. The molecule has 1 heterocycles. The zero-order valence-corrected chi connectivity index (χ0v) is 13.0. The standard InChI is InChI=1S/C16H27N3O/c1-4-17-14-10-15(19-16(18-14)12(2)3)20-11-13-8-6-5-7-9-13/h10,12-13H,4-9,11H2,1-3H3,(H,17,18,19). The molecule has 20 heavy (non-hydrogen) atoms. The second kappa shape index (κ2) is 7.46. The third kappa shape index (κ3) is 4.36. The molecule has 1 saturated carbocycles. The lowest BCUT2D eigenvalue weighted by atomic mass is 9.90. The largest absolute Gasteiger partial charge is 0.477 e. The van der Waals surface area contributed by atoms with Crippen molar-refractivity contribution in [3.63, 3.8) is 0 Å². The lowest BCUT2D eigenvalue weighted by Crippen LogP contribution is -2.16. The van der Waals surface area contributed by atoms with Gasteiger partial charge < -0.3 is 10.1 Å². The van der Waals surface area contributed by atoms with E-state index >= 15 is 0 Å². The highest BCUT2D eigenvalue weighted by atomic mass is 16.5. The predicted octanol–water partition coefficient (Wildman–Crippen LogP) is 3.99. The van der Waals surface area contributed by atoms with Gasteiger partial charge in [-0.2, -0.15) is 4.98 Å². The fourth-order valence-corrected chi connectivity index (χ4v) is 2.60. The van der Waals surface area contributed by atoms with E-state index in [1.165, 1.54) is 32.1 Å². The van der Waals surface area contributed by atoms with Crippen molar-refractivity contribution < 1.29 is 4.74 Å². The molecule has 0 aromatic carbocycles. The summed E-state index contributed by atoms with van der Waals surface area (Å²) in [6.45, 7) is 7.93. The summed E-state index contributed by atoms with van der Waals surface area (Å²) in [5, 5.41) is 3.25. The van der Waals surface area contributed by atoms with Crippen LogP contribution in [0.5, 0.6) is 5.88 Å². The van der Waals surface area contributed by atoms with Gasteiger partial charge >= 0.3 is 0 Å². The average Bonchev–Trinajstić information content (AvgIpc) is 2.46. The van der Waals surface area contributed by atoms with E-state index in [-0.39, 0.29) is 0 Å². The van der Waals surface area contributed by atoms with Gasteiger partial charge in [0, 0.05) is 18.5 Å². The molecule has 0 aliphatic heterocycles. The quantitative estimate of drug-likeness (QED) is 0.854. The first kappa shape index (κ1) is 15.1. The molecule has 4 nitrogen and oxygen atoms in total. The Kier molecular flexibility index (Phi) is 5.62. The lowest BCUT2D eigenvalue weighted by Gasteiger charge is -2.21. The van der Waals surface area contributed by atoms with Crippen LogP contribution in [0.25, 0.3) is 0 Å². The average molecular weight is 277 g/mol. The highest BCUT2D eigenvalue weighted by Crippen LogP contribution is 2.25. The van der Waals surface area contributed by atoms with Gasteiger partial charge in [-0.3, -0.25) is 0 Å². The van der Waals surface area contributed by atoms with E-state index in [4.69, 9.17) is 4.74 Å². The van der Waals surface area contributed by atoms with Gasteiger partial charge in [0.05, 0.1) is 6.61 Å². The van der Waals surface area contributed by atoms with E-state index < -0.39 is 0 Å². The van der Waals surface area contributed by atoms with Crippen molar-refractivity contribution in [2.24, 2.45) is 5.92 Å². The molecule has 0 unspecified atom stereocenters. The van der Waals surface area contributed by atoms with E-state index in [1.54, 1.807) is 0 Å².